The van der Waals surface area contributed by atoms with E-state index in [0.717, 1.165) is 11.1 Å². The predicted molar refractivity (Wildman–Crippen MR) is 72.8 cm³/mol. The van der Waals surface area contributed by atoms with E-state index >= 15 is 0 Å². The zero-order valence-corrected chi connectivity index (χ0v) is 11.8. The Hall–Kier alpha value is -1.16. The van der Waals surface area contributed by atoms with Crippen molar-refractivity contribution < 1.29 is 14.5 Å². The Labute approximate surface area is 109 Å². The molecule has 100 valence electrons. The lowest BCUT2D eigenvalue weighted by Gasteiger charge is -2.32. The maximum absolute atomic E-state index is 5.44. The summed E-state index contributed by atoms with van der Waals surface area (Å²) in [6, 6.07) is 9.76. The number of methoxy groups -OCH3 is 1. The van der Waals surface area contributed by atoms with Crippen LogP contribution < -0.4 is 0 Å². The fraction of sp³-hybridized carbons (Fsp3) is 0.467. The first-order valence-electron chi connectivity index (χ1n) is 5.95. The van der Waals surface area contributed by atoms with Crippen LogP contribution >= 0.6 is 0 Å². The summed E-state index contributed by atoms with van der Waals surface area (Å²) in [4.78, 5) is 10.8. The highest BCUT2D eigenvalue weighted by Crippen LogP contribution is 2.31. The molecule has 1 aromatic carbocycles. The van der Waals surface area contributed by atoms with Gasteiger partial charge in [-0.25, -0.2) is 4.89 Å². The summed E-state index contributed by atoms with van der Waals surface area (Å²) in [6.45, 7) is 11.6. The second-order valence-corrected chi connectivity index (χ2v) is 5.27. The Morgan fingerprint density at radius 3 is 2.00 bits per heavy atom. The van der Waals surface area contributed by atoms with Crippen molar-refractivity contribution >= 4 is 5.57 Å². The van der Waals surface area contributed by atoms with E-state index in [1.54, 1.807) is 14.0 Å². The van der Waals surface area contributed by atoms with E-state index in [0.29, 0.717) is 0 Å². The first kappa shape index (κ1) is 14.9. The molecule has 0 aliphatic rings. The molecular weight excluding hydrogens is 228 g/mol. The van der Waals surface area contributed by atoms with Crippen LogP contribution in [0.2, 0.25) is 0 Å². The third-order valence-electron chi connectivity index (χ3n) is 2.51. The van der Waals surface area contributed by atoms with Crippen molar-refractivity contribution in [1.29, 1.82) is 0 Å². The van der Waals surface area contributed by atoms with E-state index in [1.165, 1.54) is 0 Å². The molecule has 0 heterocycles. The molecule has 1 rings (SSSR count). The van der Waals surface area contributed by atoms with Crippen molar-refractivity contribution in [2.45, 2.75) is 39.1 Å². The fourth-order valence-electron chi connectivity index (χ4n) is 1.31. The normalized spacial score (nSPS) is 15.2. The van der Waals surface area contributed by atoms with Gasteiger partial charge in [-0.2, -0.15) is 4.89 Å². The van der Waals surface area contributed by atoms with Crippen molar-refractivity contribution in [3.63, 3.8) is 0 Å². The van der Waals surface area contributed by atoms with Gasteiger partial charge in [0.15, 0.2) is 0 Å². The van der Waals surface area contributed by atoms with Crippen molar-refractivity contribution in [2.75, 3.05) is 7.11 Å². The standard InChI is InChI=1S/C15H22O3/c1-12(13-10-8-7-9-11-13)15(5,16-6)18-17-14(2,3)4/h7-11H,1H2,2-6H3. The molecule has 1 atom stereocenters. The van der Waals surface area contributed by atoms with Gasteiger partial charge in [-0.1, -0.05) is 36.9 Å². The number of ether oxygens (including phenoxy) is 1. The molecule has 1 unspecified atom stereocenters. The molecule has 3 nitrogen and oxygen atoms in total. The Balaban J connectivity index is 2.84. The SMILES string of the molecule is C=C(c1ccccc1)C(C)(OC)OOC(C)(C)C. The average Bonchev–Trinajstić information content (AvgIpc) is 2.35. The minimum atomic E-state index is -1.01. The summed E-state index contributed by atoms with van der Waals surface area (Å²) in [5, 5.41) is 0. The molecule has 0 fully saturated rings. The van der Waals surface area contributed by atoms with Crippen LogP contribution in [0.1, 0.15) is 33.3 Å². The number of hydrogen-bond acceptors (Lipinski definition) is 3. The van der Waals surface area contributed by atoms with Gasteiger partial charge in [0, 0.05) is 12.7 Å². The van der Waals surface area contributed by atoms with Crippen molar-refractivity contribution in [1.82, 2.24) is 0 Å². The third kappa shape index (κ3) is 3.95. The lowest BCUT2D eigenvalue weighted by Crippen LogP contribution is -2.36. The summed E-state index contributed by atoms with van der Waals surface area (Å²) in [7, 11) is 1.57. The fourth-order valence-corrected chi connectivity index (χ4v) is 1.31. The smallest absolute Gasteiger partial charge is 0.224 e. The molecule has 0 saturated heterocycles. The highest BCUT2D eigenvalue weighted by Gasteiger charge is 2.32. The van der Waals surface area contributed by atoms with Crippen LogP contribution in [0.5, 0.6) is 0 Å². The molecule has 0 bridgehead atoms. The second kappa shape index (κ2) is 5.65. The monoisotopic (exact) mass is 250 g/mol. The van der Waals surface area contributed by atoms with Crippen LogP contribution in [-0.2, 0) is 14.5 Å². The van der Waals surface area contributed by atoms with Gasteiger partial charge in [0.2, 0.25) is 5.79 Å². The second-order valence-electron chi connectivity index (χ2n) is 5.27. The summed E-state index contributed by atoms with van der Waals surface area (Å²) >= 11 is 0. The van der Waals surface area contributed by atoms with Gasteiger partial charge in [0.1, 0.15) is 0 Å². The van der Waals surface area contributed by atoms with Gasteiger partial charge in [-0.05, 0) is 33.3 Å². The van der Waals surface area contributed by atoms with Crippen LogP contribution in [0, 0.1) is 0 Å². The van der Waals surface area contributed by atoms with Crippen LogP contribution in [0.15, 0.2) is 36.9 Å². The molecule has 18 heavy (non-hydrogen) atoms. The van der Waals surface area contributed by atoms with Crippen LogP contribution in [-0.4, -0.2) is 18.5 Å². The van der Waals surface area contributed by atoms with E-state index in [4.69, 9.17) is 14.5 Å². The molecule has 0 amide bonds. The van der Waals surface area contributed by atoms with Crippen LogP contribution in [0.25, 0.3) is 5.57 Å². The number of benzene rings is 1. The van der Waals surface area contributed by atoms with Gasteiger partial charge < -0.3 is 4.74 Å². The minimum absolute atomic E-state index is 0.406. The molecule has 0 spiro atoms. The first-order valence-corrected chi connectivity index (χ1v) is 5.95. The topological polar surface area (TPSA) is 27.7 Å². The molecule has 0 aliphatic heterocycles. The Morgan fingerprint density at radius 1 is 1.00 bits per heavy atom. The van der Waals surface area contributed by atoms with Crippen LogP contribution in [0.4, 0.5) is 0 Å². The molecule has 0 radical (unpaired) electrons. The van der Waals surface area contributed by atoms with Gasteiger partial charge in [0.05, 0.1) is 5.60 Å². The molecular formula is C15H22O3. The number of hydrogen-bond donors (Lipinski definition) is 0. The Kier molecular flexibility index (Phi) is 4.68. The maximum Gasteiger partial charge on any atom is 0.224 e. The molecule has 0 aromatic heterocycles. The quantitative estimate of drug-likeness (QED) is 0.452. The average molecular weight is 250 g/mol. The molecule has 0 aliphatic carbocycles. The summed E-state index contributed by atoms with van der Waals surface area (Å²) in [6.07, 6.45) is 0. The summed E-state index contributed by atoms with van der Waals surface area (Å²) < 4.78 is 5.40. The molecule has 0 N–H and O–H groups in total. The lowest BCUT2D eigenvalue weighted by atomic mass is 10.0. The molecule has 0 saturated carbocycles. The third-order valence-corrected chi connectivity index (χ3v) is 2.51. The zero-order chi connectivity index (χ0) is 13.8. The Bertz CT molecular complexity index is 392. The van der Waals surface area contributed by atoms with E-state index in [1.807, 2.05) is 51.1 Å². The van der Waals surface area contributed by atoms with Gasteiger partial charge in [-0.3, -0.25) is 0 Å². The lowest BCUT2D eigenvalue weighted by molar-refractivity contribution is -0.432. The largest absolute Gasteiger partial charge is 0.347 e. The van der Waals surface area contributed by atoms with Crippen molar-refractivity contribution in [3.05, 3.63) is 42.5 Å². The van der Waals surface area contributed by atoms with Crippen molar-refractivity contribution in [3.8, 4) is 0 Å². The Morgan fingerprint density at radius 2 is 1.56 bits per heavy atom. The van der Waals surface area contributed by atoms with E-state index in [2.05, 4.69) is 6.58 Å². The summed E-state index contributed by atoms with van der Waals surface area (Å²) in [5.74, 6) is -1.01. The van der Waals surface area contributed by atoms with E-state index < -0.39 is 11.4 Å². The van der Waals surface area contributed by atoms with Crippen LogP contribution in [0.3, 0.4) is 0 Å². The summed E-state index contributed by atoms with van der Waals surface area (Å²) in [5.41, 5.74) is 1.27. The highest BCUT2D eigenvalue weighted by molar-refractivity contribution is 5.68. The molecule has 1 aromatic rings. The van der Waals surface area contributed by atoms with Gasteiger partial charge in [0.25, 0.3) is 0 Å². The zero-order valence-electron chi connectivity index (χ0n) is 11.8. The maximum atomic E-state index is 5.44. The van der Waals surface area contributed by atoms with Crippen molar-refractivity contribution in [2.24, 2.45) is 0 Å². The molecule has 3 heteroatoms. The first-order chi connectivity index (χ1) is 8.28. The predicted octanol–water partition coefficient (Wildman–Crippen LogP) is 3.81. The minimum Gasteiger partial charge on any atom is -0.347 e. The van der Waals surface area contributed by atoms with E-state index in [9.17, 15) is 0 Å². The van der Waals surface area contributed by atoms with Gasteiger partial charge >= 0.3 is 0 Å². The highest BCUT2D eigenvalue weighted by atomic mass is 17.2. The van der Waals surface area contributed by atoms with Gasteiger partial charge in [-0.15, -0.1) is 0 Å². The van der Waals surface area contributed by atoms with E-state index in [-0.39, 0.29) is 0 Å². The number of rotatable bonds is 5.